The van der Waals surface area contributed by atoms with Crippen LogP contribution in [0.5, 0.6) is 0 Å². The lowest BCUT2D eigenvalue weighted by atomic mass is 10.0. The van der Waals surface area contributed by atoms with E-state index in [2.05, 4.69) is 34.6 Å². The molecule has 0 bridgehead atoms. The van der Waals surface area contributed by atoms with E-state index in [4.69, 9.17) is 4.98 Å². The van der Waals surface area contributed by atoms with Gasteiger partial charge in [0.05, 0.1) is 12.1 Å². The molecule has 6 nitrogen and oxygen atoms in total. The molecule has 4 heterocycles. The molecule has 7 heteroatoms. The van der Waals surface area contributed by atoms with Crippen LogP contribution >= 0.6 is 11.3 Å². The Bertz CT molecular complexity index is 879. The fourth-order valence-electron chi connectivity index (χ4n) is 3.59. The minimum Gasteiger partial charge on any atom is -0.325 e. The zero-order chi connectivity index (χ0) is 16.9. The molecule has 0 amide bonds. The van der Waals surface area contributed by atoms with Crippen molar-refractivity contribution < 1.29 is 0 Å². The number of likely N-dealkylation sites (tertiary alicyclic amines) is 1. The first-order valence-corrected chi connectivity index (χ1v) is 9.22. The SMILES string of the molecule is CC1=C(c2cc3nc(CN4CCCC4(C)C)[nH]c(=O)c3s2)CNN1. The second-order valence-corrected chi connectivity index (χ2v) is 8.31. The fourth-order valence-corrected chi connectivity index (χ4v) is 4.69. The minimum absolute atomic E-state index is 0.0274. The summed E-state index contributed by atoms with van der Waals surface area (Å²) in [5.74, 6) is 0.764. The van der Waals surface area contributed by atoms with Crippen molar-refractivity contribution in [2.24, 2.45) is 0 Å². The van der Waals surface area contributed by atoms with Crippen LogP contribution in [0.1, 0.15) is 44.3 Å². The summed E-state index contributed by atoms with van der Waals surface area (Å²) in [6.45, 7) is 9.09. The van der Waals surface area contributed by atoms with Gasteiger partial charge in [-0.25, -0.2) is 10.4 Å². The highest BCUT2D eigenvalue weighted by Gasteiger charge is 2.32. The summed E-state index contributed by atoms with van der Waals surface area (Å²) >= 11 is 1.52. The lowest BCUT2D eigenvalue weighted by Gasteiger charge is -2.30. The van der Waals surface area contributed by atoms with Gasteiger partial charge in [-0.1, -0.05) is 0 Å². The second kappa shape index (κ2) is 5.68. The number of thiophene rings is 1. The monoisotopic (exact) mass is 345 g/mol. The number of hydrogen-bond acceptors (Lipinski definition) is 6. The predicted molar refractivity (Wildman–Crippen MR) is 97.7 cm³/mol. The molecule has 0 radical (unpaired) electrons. The summed E-state index contributed by atoms with van der Waals surface area (Å²) in [6, 6.07) is 2.04. The number of nitrogens with one attached hydrogen (secondary N) is 3. The average Bonchev–Trinajstić information content (AvgIpc) is 3.19. The van der Waals surface area contributed by atoms with E-state index in [0.717, 1.165) is 35.0 Å². The number of hydrazine groups is 1. The van der Waals surface area contributed by atoms with Crippen LogP contribution in [0.15, 0.2) is 16.6 Å². The molecule has 24 heavy (non-hydrogen) atoms. The second-order valence-electron chi connectivity index (χ2n) is 7.26. The third-order valence-electron chi connectivity index (χ3n) is 5.14. The van der Waals surface area contributed by atoms with Crippen LogP contribution in [-0.2, 0) is 6.54 Å². The van der Waals surface area contributed by atoms with Gasteiger partial charge in [0.15, 0.2) is 0 Å². The first-order chi connectivity index (χ1) is 11.4. The molecule has 0 spiro atoms. The molecule has 2 aromatic rings. The maximum atomic E-state index is 12.5. The molecule has 0 unspecified atom stereocenters. The summed E-state index contributed by atoms with van der Waals surface area (Å²) in [4.78, 5) is 23.7. The first-order valence-electron chi connectivity index (χ1n) is 8.41. The smallest absolute Gasteiger partial charge is 0.268 e. The summed E-state index contributed by atoms with van der Waals surface area (Å²) in [7, 11) is 0. The van der Waals surface area contributed by atoms with E-state index in [1.807, 2.05) is 13.0 Å². The zero-order valence-corrected chi connectivity index (χ0v) is 15.1. The van der Waals surface area contributed by atoms with E-state index < -0.39 is 0 Å². The standard InChI is InChI=1S/C17H23N5OS/c1-10-11(8-18-21-10)13-7-12-15(24-13)16(23)20-14(19-12)9-22-6-4-5-17(22,2)3/h7,18,21H,4-6,8-9H2,1-3H3,(H,19,20,23). The molecule has 2 aliphatic rings. The molecule has 0 atom stereocenters. The lowest BCUT2D eigenvalue weighted by Crippen LogP contribution is -2.38. The van der Waals surface area contributed by atoms with E-state index >= 15 is 0 Å². The number of rotatable bonds is 3. The van der Waals surface area contributed by atoms with Crippen molar-refractivity contribution in [2.75, 3.05) is 13.1 Å². The molecular weight excluding hydrogens is 322 g/mol. The number of hydrogen-bond donors (Lipinski definition) is 3. The molecule has 0 aliphatic carbocycles. The Morgan fingerprint density at radius 3 is 2.92 bits per heavy atom. The van der Waals surface area contributed by atoms with Gasteiger partial charge in [0, 0.05) is 28.2 Å². The van der Waals surface area contributed by atoms with Crippen LogP contribution < -0.4 is 16.4 Å². The third-order valence-corrected chi connectivity index (χ3v) is 6.32. The van der Waals surface area contributed by atoms with Gasteiger partial charge in [0.2, 0.25) is 0 Å². The summed E-state index contributed by atoms with van der Waals surface area (Å²) in [5.41, 5.74) is 9.51. The Balaban J connectivity index is 1.70. The van der Waals surface area contributed by atoms with Crippen LogP contribution in [0.3, 0.4) is 0 Å². The van der Waals surface area contributed by atoms with E-state index in [0.29, 0.717) is 11.2 Å². The Morgan fingerprint density at radius 1 is 1.42 bits per heavy atom. The van der Waals surface area contributed by atoms with Crippen molar-refractivity contribution in [1.82, 2.24) is 25.7 Å². The Kier molecular flexibility index (Phi) is 3.74. The summed E-state index contributed by atoms with van der Waals surface area (Å²) in [5, 5.41) is 0. The van der Waals surface area contributed by atoms with Crippen molar-refractivity contribution in [3.8, 4) is 0 Å². The van der Waals surface area contributed by atoms with Gasteiger partial charge in [0.25, 0.3) is 5.56 Å². The van der Waals surface area contributed by atoms with Crippen LogP contribution in [0, 0.1) is 0 Å². The third kappa shape index (κ3) is 2.66. The summed E-state index contributed by atoms with van der Waals surface area (Å²) < 4.78 is 0.710. The number of aromatic nitrogens is 2. The Morgan fingerprint density at radius 2 is 2.25 bits per heavy atom. The van der Waals surface area contributed by atoms with Gasteiger partial charge in [0.1, 0.15) is 10.5 Å². The molecule has 4 rings (SSSR count). The Labute approximate surface area is 144 Å². The topological polar surface area (TPSA) is 73.0 Å². The summed E-state index contributed by atoms with van der Waals surface area (Å²) in [6.07, 6.45) is 2.39. The quantitative estimate of drug-likeness (QED) is 0.795. The van der Waals surface area contributed by atoms with E-state index in [-0.39, 0.29) is 11.1 Å². The maximum Gasteiger partial charge on any atom is 0.268 e. The van der Waals surface area contributed by atoms with Crippen LogP contribution in [0.2, 0.25) is 0 Å². The maximum absolute atomic E-state index is 12.5. The van der Waals surface area contributed by atoms with Crippen molar-refractivity contribution >= 4 is 27.1 Å². The van der Waals surface area contributed by atoms with Crippen molar-refractivity contribution in [3.63, 3.8) is 0 Å². The van der Waals surface area contributed by atoms with Crippen LogP contribution in [0.4, 0.5) is 0 Å². The highest BCUT2D eigenvalue weighted by atomic mass is 32.1. The number of aromatic amines is 1. The molecule has 1 saturated heterocycles. The largest absolute Gasteiger partial charge is 0.325 e. The average molecular weight is 345 g/mol. The predicted octanol–water partition coefficient (Wildman–Crippen LogP) is 2.20. The molecule has 128 valence electrons. The molecular formula is C17H23N5OS. The molecule has 0 saturated carbocycles. The number of fused-ring (bicyclic) bond motifs is 1. The highest BCUT2D eigenvalue weighted by Crippen LogP contribution is 2.31. The zero-order valence-electron chi connectivity index (χ0n) is 14.3. The normalized spacial score (nSPS) is 21.0. The van der Waals surface area contributed by atoms with E-state index in [1.54, 1.807) is 0 Å². The van der Waals surface area contributed by atoms with Gasteiger partial charge in [-0.2, -0.15) is 0 Å². The Hall–Kier alpha value is -1.70. The lowest BCUT2D eigenvalue weighted by molar-refractivity contribution is 0.162. The number of nitrogens with zero attached hydrogens (tertiary/aromatic N) is 2. The van der Waals surface area contributed by atoms with Gasteiger partial charge in [-0.15, -0.1) is 11.3 Å². The number of allylic oxidation sites excluding steroid dienone is 1. The first kappa shape index (κ1) is 15.8. The van der Waals surface area contributed by atoms with Crippen molar-refractivity contribution in [1.29, 1.82) is 0 Å². The van der Waals surface area contributed by atoms with Gasteiger partial charge >= 0.3 is 0 Å². The van der Waals surface area contributed by atoms with Crippen molar-refractivity contribution in [3.05, 3.63) is 32.8 Å². The van der Waals surface area contributed by atoms with Crippen LogP contribution in [0.25, 0.3) is 15.8 Å². The molecule has 1 fully saturated rings. The van der Waals surface area contributed by atoms with Gasteiger partial charge < -0.3 is 10.4 Å². The molecule has 3 N–H and O–H groups in total. The number of H-pyrrole nitrogens is 1. The van der Waals surface area contributed by atoms with E-state index in [9.17, 15) is 4.79 Å². The molecule has 0 aromatic carbocycles. The molecule has 2 aromatic heterocycles. The fraction of sp³-hybridized carbons (Fsp3) is 0.529. The van der Waals surface area contributed by atoms with Crippen LogP contribution in [-0.4, -0.2) is 33.5 Å². The highest BCUT2D eigenvalue weighted by molar-refractivity contribution is 7.19. The van der Waals surface area contributed by atoms with E-state index in [1.165, 1.54) is 29.8 Å². The van der Waals surface area contributed by atoms with Gasteiger partial charge in [-0.3, -0.25) is 9.69 Å². The van der Waals surface area contributed by atoms with Gasteiger partial charge in [-0.05, 0) is 46.2 Å². The van der Waals surface area contributed by atoms with Crippen molar-refractivity contribution in [2.45, 2.75) is 45.7 Å². The minimum atomic E-state index is -0.0274. The molecule has 2 aliphatic heterocycles.